The minimum absolute atomic E-state index is 0.702. The summed E-state index contributed by atoms with van der Waals surface area (Å²) in [5.74, 6) is 5.19. The van der Waals surface area contributed by atoms with Gasteiger partial charge in [-0.15, -0.1) is 11.3 Å². The summed E-state index contributed by atoms with van der Waals surface area (Å²) in [5, 5.41) is 17.8. The van der Waals surface area contributed by atoms with Gasteiger partial charge in [-0.25, -0.2) is 24.9 Å². The Morgan fingerprint density at radius 1 is 0.161 bits per heavy atom. The Kier molecular flexibility index (Phi) is 17.8. The Bertz CT molecular complexity index is 10300. The molecule has 0 bridgehead atoms. The number of rotatable bonds is 16. The second-order valence-corrected chi connectivity index (χ2v) is 46.2. The van der Waals surface area contributed by atoms with E-state index in [1.54, 1.807) is 0 Å². The first-order valence-corrected chi connectivity index (χ1v) is 53.4. The minimum Gasteiger partial charge on any atom is -0.309 e. The van der Waals surface area contributed by atoms with E-state index in [-0.39, 0.29) is 0 Å². The van der Waals surface area contributed by atoms with Gasteiger partial charge in [-0.3, -0.25) is 31.5 Å². The largest absolute Gasteiger partial charge is 0.309 e. The normalized spacial score (nSPS) is 12.3. The molecule has 0 atom stereocenters. The third kappa shape index (κ3) is 12.0. The highest BCUT2D eigenvalue weighted by Crippen LogP contribution is 2.43. The molecule has 0 aliphatic rings. The molecule has 13 nitrogen and oxygen atoms in total. The van der Waals surface area contributed by atoms with E-state index in [0.717, 1.165) is 156 Å². The van der Waals surface area contributed by atoms with Crippen LogP contribution in [-0.2, 0) is 0 Å². The second kappa shape index (κ2) is 31.5. The molecule has 0 unspecified atom stereocenters. The lowest BCUT2D eigenvalue weighted by molar-refractivity contribution is 0.983. The summed E-state index contributed by atoms with van der Waals surface area (Å²) in [5.41, 5.74) is 23.3. The van der Waals surface area contributed by atoms with E-state index in [2.05, 4.69) is 527 Å². The highest BCUT2D eigenvalue weighted by molar-refractivity contribution is 7.26. The fraction of sp³-hybridized carbons (Fsp3) is 0. The predicted molar refractivity (Wildman–Crippen MR) is 596 cm³/mol. The first kappa shape index (κ1) is 80.6. The monoisotopic (exact) mass is 1880 g/mol. The smallest absolute Gasteiger partial charge is 0.221 e. The van der Waals surface area contributed by atoms with Crippen LogP contribution in [0.1, 0.15) is 0 Å². The summed E-state index contributed by atoms with van der Waals surface area (Å²) in [6.07, 6.45) is 0. The maximum absolute atomic E-state index is 5.89. The summed E-state index contributed by atoms with van der Waals surface area (Å²) >= 11 is 1.87. The summed E-state index contributed by atoms with van der Waals surface area (Å²) in [6, 6.07) is 181. The number of hydrogen-bond donors (Lipinski definition) is 0. The van der Waals surface area contributed by atoms with Crippen LogP contribution in [0.4, 0.5) is 0 Å². The van der Waals surface area contributed by atoms with Gasteiger partial charge in [0.1, 0.15) is 23.3 Å². The summed E-state index contributed by atoms with van der Waals surface area (Å²) in [7, 11) is -6.12. The molecule has 11 aromatic heterocycles. The lowest BCUT2D eigenvalue weighted by atomic mass is 10.0. The molecule has 0 aliphatic carbocycles. The Morgan fingerprint density at radius 3 is 0.860 bits per heavy atom. The van der Waals surface area contributed by atoms with E-state index >= 15 is 0 Å². The first-order valence-electron chi connectivity index (χ1n) is 48.6. The molecule has 668 valence electrons. The van der Waals surface area contributed by atoms with Gasteiger partial charge >= 0.3 is 0 Å². The van der Waals surface area contributed by atoms with E-state index in [0.29, 0.717) is 11.6 Å². The van der Waals surface area contributed by atoms with E-state index < -0.39 is 16.1 Å². The molecule has 0 radical (unpaired) electrons. The summed E-state index contributed by atoms with van der Waals surface area (Å²) < 4.78 is 21.0. The standard InChI is InChI=1S/C127H81N13SSi2/c1-5-31-89(32-6-1)142(90-33-7-2-8-34-90,95-69-63-88(64-70-95)133-106-45-19-13-39-97(106)98-40-14-20-46-107(98)133)93-65-57-83(58-66-93)87-79-123(138-114-53-27-24-50-111(114)135-110-49-23-18-44-103(110)128-125(135)138)132-124(80-87)140-116-55-29-26-52-113(116)137-118-76-85(62-73-105(118)130-127(137)140)84-61-72-104-117(75-84)136-112-51-25-28-54-115(112)139(126(136)129-104)122-78-86(77-121(131-122)134-108-47-21-15-41-99(108)100-42-16-22-48-109(100)134)82-59-67-94(68-60-82)143(91-35-9-3-10-36-91,92-37-11-4-12-38-92)96-71-74-120-102(81-96)101-43-17-30-56-119(101)141-120/h1-81H. The molecule has 30 rings (SSSR count). The van der Waals surface area contributed by atoms with Crippen LogP contribution in [0.2, 0.25) is 0 Å². The van der Waals surface area contributed by atoms with Crippen molar-refractivity contribution in [3.05, 3.63) is 491 Å². The highest BCUT2D eigenvalue weighted by Gasteiger charge is 2.44. The molecule has 0 amide bonds. The van der Waals surface area contributed by atoms with Crippen LogP contribution >= 0.6 is 11.3 Å². The number of aromatic nitrogens is 13. The van der Waals surface area contributed by atoms with Crippen LogP contribution in [0.25, 0.3) is 210 Å². The van der Waals surface area contributed by atoms with E-state index in [1.165, 1.54) is 83.5 Å². The topological polar surface area (TPSA) is 102 Å². The highest BCUT2D eigenvalue weighted by atomic mass is 32.1. The van der Waals surface area contributed by atoms with Crippen molar-refractivity contribution in [2.24, 2.45) is 0 Å². The van der Waals surface area contributed by atoms with Gasteiger partial charge in [-0.05, 0) is 220 Å². The summed E-state index contributed by atoms with van der Waals surface area (Å²) in [6.45, 7) is 0. The van der Waals surface area contributed by atoms with Crippen molar-refractivity contribution in [2.45, 2.75) is 0 Å². The average molecular weight is 1880 g/mol. The fourth-order valence-electron chi connectivity index (χ4n) is 23.8. The van der Waals surface area contributed by atoms with Gasteiger partial charge < -0.3 is 4.57 Å². The first-order chi connectivity index (χ1) is 70.9. The molecule has 0 fully saturated rings. The van der Waals surface area contributed by atoms with Gasteiger partial charge in [0, 0.05) is 47.4 Å². The zero-order valence-corrected chi connectivity index (χ0v) is 79.8. The van der Waals surface area contributed by atoms with E-state index in [4.69, 9.17) is 24.9 Å². The van der Waals surface area contributed by atoms with Crippen molar-refractivity contribution in [3.63, 3.8) is 0 Å². The zero-order chi connectivity index (χ0) is 93.7. The van der Waals surface area contributed by atoms with Crippen LogP contribution in [0.3, 0.4) is 0 Å². The number of hydrogen-bond acceptors (Lipinski definition) is 6. The zero-order valence-electron chi connectivity index (χ0n) is 77.0. The van der Waals surface area contributed by atoms with Crippen LogP contribution in [0, 0.1) is 0 Å². The summed E-state index contributed by atoms with van der Waals surface area (Å²) in [4.78, 5) is 28.6. The fourth-order valence-corrected chi connectivity index (χ4v) is 34.3. The van der Waals surface area contributed by atoms with Crippen molar-refractivity contribution in [1.29, 1.82) is 0 Å². The van der Waals surface area contributed by atoms with Crippen LogP contribution in [0.5, 0.6) is 0 Å². The van der Waals surface area contributed by atoms with Gasteiger partial charge in [0.05, 0.1) is 88.3 Å². The van der Waals surface area contributed by atoms with E-state index in [9.17, 15) is 0 Å². The lowest BCUT2D eigenvalue weighted by Crippen LogP contribution is -2.74. The Labute approximate surface area is 824 Å². The molecule has 0 aliphatic heterocycles. The molecular weight excluding hydrogens is 1800 g/mol. The number of nitrogens with zero attached hydrogens (tertiary/aromatic N) is 13. The SMILES string of the molecule is c1ccc([Si](c2ccccc2)(c2ccc(-c3cc(-n4c5ccccc5n5c6ccccc6nc45)nc(-n4c5ccccc5n5c6cc(-c7ccc8nc9n(-c%10cc(-c%11ccc([Si](c%12ccccc%12)(c%12ccccc%12)c%12ccc%13sc%14ccccc%14c%13c%12)cc%11)cc(-n%11c%12ccccc%12c%12ccccc%12%11)n%10)c%10ccccc%10n9c8c7)ccc6nc45)c3)cc2)c2ccc(-n3c4ccccc4c4ccccc43)cc2)cc1. The third-order valence-electron chi connectivity index (χ3n) is 30.0. The molecular formula is C127H81N13SSi2. The van der Waals surface area contributed by atoms with Crippen LogP contribution < -0.4 is 41.5 Å². The van der Waals surface area contributed by atoms with Crippen molar-refractivity contribution < 1.29 is 0 Å². The predicted octanol–water partition coefficient (Wildman–Crippen LogP) is 25.0. The van der Waals surface area contributed by atoms with Crippen molar-refractivity contribution >= 4 is 216 Å². The maximum atomic E-state index is 5.89. The second-order valence-electron chi connectivity index (χ2n) is 37.5. The van der Waals surface area contributed by atoms with Gasteiger partial charge in [0.15, 0.2) is 16.1 Å². The quantitative estimate of drug-likeness (QED) is 0.0708. The molecule has 16 heteroatoms. The Hall–Kier alpha value is -18.5. The molecule has 11 heterocycles. The maximum Gasteiger partial charge on any atom is 0.221 e. The number of para-hydroxylation sites is 12. The number of imidazole rings is 6. The van der Waals surface area contributed by atoms with Gasteiger partial charge in [0.25, 0.3) is 0 Å². The molecule has 0 spiro atoms. The number of thiophene rings is 1. The molecule has 0 saturated heterocycles. The van der Waals surface area contributed by atoms with Gasteiger partial charge in [0.2, 0.25) is 17.3 Å². The van der Waals surface area contributed by atoms with E-state index in [1.807, 2.05) is 11.3 Å². The Morgan fingerprint density at radius 2 is 0.448 bits per heavy atom. The molecule has 0 saturated carbocycles. The molecule has 143 heavy (non-hydrogen) atoms. The lowest BCUT2D eigenvalue weighted by Gasteiger charge is -2.34. The molecule has 19 aromatic carbocycles. The Balaban J connectivity index is 0.566. The third-order valence-corrected chi connectivity index (χ3v) is 40.7. The molecule has 0 N–H and O–H groups in total. The van der Waals surface area contributed by atoms with Crippen LogP contribution in [-0.4, -0.2) is 77.1 Å². The van der Waals surface area contributed by atoms with Crippen LogP contribution in [0.15, 0.2) is 491 Å². The minimum atomic E-state index is -3.09. The average Bonchev–Trinajstić information content (AvgIpc) is 1.61. The number of fused-ring (bicyclic) bond motifs is 24. The number of pyridine rings is 2. The van der Waals surface area contributed by atoms with Crippen molar-refractivity contribution in [2.75, 3.05) is 0 Å². The van der Waals surface area contributed by atoms with Crippen molar-refractivity contribution in [3.8, 4) is 62.3 Å². The van der Waals surface area contributed by atoms with Gasteiger partial charge in [-0.2, -0.15) is 0 Å². The number of benzene rings is 19. The molecule has 30 aromatic rings. The van der Waals surface area contributed by atoms with Crippen molar-refractivity contribution in [1.82, 2.24) is 61.0 Å². The van der Waals surface area contributed by atoms with Gasteiger partial charge in [-0.1, -0.05) is 346 Å².